The lowest BCUT2D eigenvalue weighted by atomic mass is 10.2. The number of thiazole rings is 1. The van der Waals surface area contributed by atoms with Gasteiger partial charge in [-0.3, -0.25) is 19.1 Å². The molecule has 0 fully saturated rings. The number of rotatable bonds is 7. The second-order valence-corrected chi connectivity index (χ2v) is 5.97. The van der Waals surface area contributed by atoms with Crippen molar-refractivity contribution in [3.63, 3.8) is 0 Å². The number of hydrogen-bond acceptors (Lipinski definition) is 8. The minimum absolute atomic E-state index is 0.189. The molecule has 0 aliphatic rings. The maximum absolute atomic E-state index is 11.9. The van der Waals surface area contributed by atoms with Gasteiger partial charge in [-0.05, 0) is 38.1 Å². The molecule has 0 atom stereocenters. The smallest absolute Gasteiger partial charge is 0.338 e. The van der Waals surface area contributed by atoms with Crippen LogP contribution in [0, 0.1) is 0 Å². The number of hydrogen-bond donors (Lipinski definition) is 1. The molecule has 0 aliphatic carbocycles. The van der Waals surface area contributed by atoms with Crippen LogP contribution in [0.3, 0.4) is 0 Å². The second-order valence-electron chi connectivity index (χ2n) is 4.97. The van der Waals surface area contributed by atoms with Gasteiger partial charge in [-0.1, -0.05) is 11.3 Å². The molecule has 0 amide bonds. The molecule has 0 saturated carbocycles. The minimum Gasteiger partial charge on any atom is -0.493 e. The maximum atomic E-state index is 11.9. The monoisotopic (exact) mass is 378 g/mol. The first-order valence-electron chi connectivity index (χ1n) is 7.85. The van der Waals surface area contributed by atoms with Crippen LogP contribution in [-0.4, -0.2) is 41.0 Å². The fourth-order valence-corrected chi connectivity index (χ4v) is 2.76. The van der Waals surface area contributed by atoms with Crippen molar-refractivity contribution >= 4 is 35.2 Å². The van der Waals surface area contributed by atoms with Gasteiger partial charge in [0.25, 0.3) is 0 Å². The molecule has 0 unspecified atom stereocenters. The van der Waals surface area contributed by atoms with E-state index in [1.165, 1.54) is 6.21 Å². The number of ether oxygens (including phenoxy) is 2. The van der Waals surface area contributed by atoms with Crippen LogP contribution in [0.4, 0.5) is 5.69 Å². The average molecular weight is 378 g/mol. The van der Waals surface area contributed by atoms with Gasteiger partial charge in [0.05, 0.1) is 30.7 Å². The van der Waals surface area contributed by atoms with E-state index in [0.29, 0.717) is 17.9 Å². The van der Waals surface area contributed by atoms with Crippen molar-refractivity contribution in [1.29, 1.82) is 0 Å². The lowest BCUT2D eigenvalue weighted by Gasteiger charge is -2.03. The molecule has 1 N–H and O–H groups in total. The molecular weight excluding hydrogens is 360 g/mol. The molecule has 9 heteroatoms. The summed E-state index contributed by atoms with van der Waals surface area (Å²) in [4.78, 5) is 38.8. The number of esters is 2. The zero-order valence-electron chi connectivity index (χ0n) is 14.3. The molecule has 1 aromatic heterocycles. The minimum atomic E-state index is -0.610. The molecular formula is C17H18N2O6S. The normalized spacial score (nSPS) is 10.8. The topological polar surface area (TPSA) is 107 Å². The number of aliphatic imine (C=N–C) groups is 1. The largest absolute Gasteiger partial charge is 0.493 e. The van der Waals surface area contributed by atoms with Crippen LogP contribution >= 0.6 is 11.3 Å². The molecule has 0 aliphatic heterocycles. The third-order valence-corrected chi connectivity index (χ3v) is 4.10. The summed E-state index contributed by atoms with van der Waals surface area (Å²) in [5.74, 6) is -1.38. The summed E-state index contributed by atoms with van der Waals surface area (Å²) in [5, 5.41) is 10.1. The zero-order chi connectivity index (χ0) is 19.1. The molecule has 26 heavy (non-hydrogen) atoms. The molecule has 0 saturated heterocycles. The summed E-state index contributed by atoms with van der Waals surface area (Å²) >= 11 is 0.761. The summed E-state index contributed by atoms with van der Waals surface area (Å²) in [6, 6.07) is 6.36. The predicted molar refractivity (Wildman–Crippen MR) is 96.5 cm³/mol. The number of benzene rings is 1. The lowest BCUT2D eigenvalue weighted by molar-refractivity contribution is -0.143. The van der Waals surface area contributed by atoms with E-state index in [1.807, 2.05) is 0 Å². The van der Waals surface area contributed by atoms with Crippen LogP contribution in [0.5, 0.6) is 5.88 Å². The summed E-state index contributed by atoms with van der Waals surface area (Å²) in [7, 11) is 0. The van der Waals surface area contributed by atoms with Crippen molar-refractivity contribution in [3.05, 3.63) is 44.4 Å². The van der Waals surface area contributed by atoms with Gasteiger partial charge in [-0.15, -0.1) is 0 Å². The molecule has 138 valence electrons. The van der Waals surface area contributed by atoms with E-state index in [2.05, 4.69) is 4.99 Å². The van der Waals surface area contributed by atoms with Crippen molar-refractivity contribution in [3.8, 4) is 5.88 Å². The number of carbonyl (C=O) groups excluding carboxylic acids is 2. The van der Waals surface area contributed by atoms with Crippen molar-refractivity contribution < 1.29 is 24.2 Å². The molecule has 0 spiro atoms. The maximum Gasteiger partial charge on any atom is 0.338 e. The van der Waals surface area contributed by atoms with Crippen molar-refractivity contribution in [2.75, 3.05) is 13.2 Å². The number of carbonyl (C=O) groups is 2. The van der Waals surface area contributed by atoms with Crippen LogP contribution in [0.25, 0.3) is 0 Å². The third-order valence-electron chi connectivity index (χ3n) is 3.20. The van der Waals surface area contributed by atoms with Gasteiger partial charge in [-0.25, -0.2) is 4.79 Å². The van der Waals surface area contributed by atoms with Crippen LogP contribution in [0.15, 0.2) is 34.1 Å². The van der Waals surface area contributed by atoms with Gasteiger partial charge >= 0.3 is 16.8 Å². The first-order chi connectivity index (χ1) is 12.5. The number of nitrogens with zero attached hydrogens (tertiary/aromatic N) is 2. The number of aromatic hydroxyl groups is 1. The third kappa shape index (κ3) is 4.79. The van der Waals surface area contributed by atoms with Crippen molar-refractivity contribution in [2.45, 2.75) is 20.4 Å². The SMILES string of the molecule is CCOC(=O)Cn1c(O)c(C=Nc2ccc(C(=O)OCC)cc2)sc1=O. The first kappa shape index (κ1) is 19.4. The van der Waals surface area contributed by atoms with E-state index in [9.17, 15) is 19.5 Å². The first-order valence-corrected chi connectivity index (χ1v) is 8.67. The summed E-state index contributed by atoms with van der Waals surface area (Å²) in [6.45, 7) is 3.49. The summed E-state index contributed by atoms with van der Waals surface area (Å²) in [6.07, 6.45) is 1.32. The molecule has 2 rings (SSSR count). The Morgan fingerprint density at radius 2 is 1.85 bits per heavy atom. The lowest BCUT2D eigenvalue weighted by Crippen LogP contribution is -2.20. The van der Waals surface area contributed by atoms with Gasteiger partial charge in [0.1, 0.15) is 11.4 Å². The summed E-state index contributed by atoms with van der Waals surface area (Å²) < 4.78 is 10.6. The Morgan fingerprint density at radius 1 is 1.19 bits per heavy atom. The van der Waals surface area contributed by atoms with Gasteiger partial charge in [-0.2, -0.15) is 0 Å². The quantitative estimate of drug-likeness (QED) is 0.584. The van der Waals surface area contributed by atoms with Gasteiger partial charge < -0.3 is 14.6 Å². The van der Waals surface area contributed by atoms with E-state index in [4.69, 9.17) is 9.47 Å². The Kier molecular flexibility index (Phi) is 6.67. The van der Waals surface area contributed by atoms with Crippen molar-refractivity contribution in [2.24, 2.45) is 4.99 Å². The molecule has 8 nitrogen and oxygen atoms in total. The van der Waals surface area contributed by atoms with Gasteiger partial charge in [0.15, 0.2) is 0 Å². The van der Waals surface area contributed by atoms with Crippen LogP contribution in [0.1, 0.15) is 29.1 Å². The predicted octanol–water partition coefficient (Wildman–Crippen LogP) is 2.11. The zero-order valence-corrected chi connectivity index (χ0v) is 15.1. The van der Waals surface area contributed by atoms with E-state index in [1.54, 1.807) is 38.1 Å². The Balaban J connectivity index is 2.14. The second kappa shape index (κ2) is 8.95. The van der Waals surface area contributed by atoms with Crippen molar-refractivity contribution in [1.82, 2.24) is 4.57 Å². The molecule has 1 heterocycles. The van der Waals surface area contributed by atoms with Crippen LogP contribution < -0.4 is 4.87 Å². The Morgan fingerprint density at radius 3 is 2.46 bits per heavy atom. The molecule has 2 aromatic rings. The standard InChI is InChI=1S/C17H18N2O6S/c1-3-24-14(20)10-19-15(21)13(26-17(19)23)9-18-12-7-5-11(6-8-12)16(22)25-4-2/h5-9,21H,3-4,10H2,1-2H3. The van der Waals surface area contributed by atoms with Crippen LogP contribution in [-0.2, 0) is 20.8 Å². The van der Waals surface area contributed by atoms with E-state index < -0.39 is 16.8 Å². The highest BCUT2D eigenvalue weighted by molar-refractivity contribution is 7.11. The highest BCUT2D eigenvalue weighted by Crippen LogP contribution is 2.20. The Labute approximate surface area is 153 Å². The highest BCUT2D eigenvalue weighted by Gasteiger charge is 2.15. The fourth-order valence-electron chi connectivity index (χ4n) is 2.00. The fraction of sp³-hybridized carbons (Fsp3) is 0.294. The molecule has 0 radical (unpaired) electrons. The Hall–Kier alpha value is -2.94. The van der Waals surface area contributed by atoms with Gasteiger partial charge in [0.2, 0.25) is 5.88 Å². The van der Waals surface area contributed by atoms with Gasteiger partial charge in [0, 0.05) is 0 Å². The van der Waals surface area contributed by atoms with E-state index in [-0.39, 0.29) is 23.9 Å². The van der Waals surface area contributed by atoms with E-state index >= 15 is 0 Å². The number of aromatic nitrogens is 1. The average Bonchev–Trinajstić information content (AvgIpc) is 2.88. The Bertz CT molecular complexity index is 866. The summed E-state index contributed by atoms with van der Waals surface area (Å²) in [5.41, 5.74) is 0.925. The highest BCUT2D eigenvalue weighted by atomic mass is 32.1. The molecule has 0 bridgehead atoms. The van der Waals surface area contributed by atoms with Crippen LogP contribution in [0.2, 0.25) is 0 Å². The van der Waals surface area contributed by atoms with E-state index in [0.717, 1.165) is 15.9 Å². The molecule has 1 aromatic carbocycles.